The van der Waals surface area contributed by atoms with E-state index in [-0.39, 0.29) is 16.9 Å². The van der Waals surface area contributed by atoms with Gasteiger partial charge in [-0.2, -0.15) is 12.6 Å². The van der Waals surface area contributed by atoms with E-state index in [1.165, 1.54) is 10.8 Å². The van der Waals surface area contributed by atoms with Crippen LogP contribution in [0.15, 0.2) is 11.0 Å². The van der Waals surface area contributed by atoms with Gasteiger partial charge < -0.3 is 5.11 Å². The lowest BCUT2D eigenvalue weighted by Gasteiger charge is -2.00. The van der Waals surface area contributed by atoms with E-state index >= 15 is 0 Å². The molecule has 0 amide bonds. The van der Waals surface area contributed by atoms with E-state index in [0.29, 0.717) is 0 Å². The van der Waals surface area contributed by atoms with Crippen LogP contribution in [0.2, 0.25) is 0 Å². The Bertz CT molecular complexity index is 275. The molecule has 0 saturated carbocycles. The minimum atomic E-state index is -0.347. The molecule has 56 valence electrons. The fraction of sp³-hybridized carbons (Fsp3) is 0.400. The van der Waals surface area contributed by atoms with Crippen molar-refractivity contribution in [3.63, 3.8) is 0 Å². The van der Waals surface area contributed by atoms with Gasteiger partial charge in [0.25, 0.3) is 0 Å². The molecule has 4 nitrogen and oxygen atoms in total. The van der Waals surface area contributed by atoms with Gasteiger partial charge in [0.05, 0.1) is 11.6 Å². The zero-order valence-electron chi connectivity index (χ0n) is 5.40. The van der Waals surface area contributed by atoms with E-state index < -0.39 is 0 Å². The summed E-state index contributed by atoms with van der Waals surface area (Å²) in [5, 5.41) is 8.55. The molecule has 1 aromatic heterocycles. The summed E-state index contributed by atoms with van der Waals surface area (Å²) < 4.78 is 1.29. The van der Waals surface area contributed by atoms with E-state index in [1.807, 2.05) is 0 Å². The Balaban J connectivity index is 3.16. The molecule has 0 saturated heterocycles. The van der Waals surface area contributed by atoms with Crippen LogP contribution in [-0.4, -0.2) is 14.7 Å². The van der Waals surface area contributed by atoms with Crippen molar-refractivity contribution in [3.05, 3.63) is 16.7 Å². The second kappa shape index (κ2) is 2.42. The number of aromatic hydroxyl groups is 1. The lowest BCUT2D eigenvalue weighted by molar-refractivity contribution is 0.455. The quantitative estimate of drug-likeness (QED) is 0.518. The molecule has 1 rings (SSSR count). The molecule has 0 fully saturated rings. The van der Waals surface area contributed by atoms with Crippen LogP contribution >= 0.6 is 12.6 Å². The highest BCUT2D eigenvalue weighted by molar-refractivity contribution is 7.80. The van der Waals surface area contributed by atoms with Crippen molar-refractivity contribution in [3.8, 4) is 5.88 Å². The molecule has 1 aromatic rings. The van der Waals surface area contributed by atoms with Crippen molar-refractivity contribution in [1.82, 2.24) is 9.55 Å². The van der Waals surface area contributed by atoms with Crippen LogP contribution in [-0.2, 0) is 0 Å². The molecule has 0 aromatic carbocycles. The highest BCUT2D eigenvalue weighted by atomic mass is 32.1. The number of hydrogen-bond donors (Lipinski definition) is 3. The normalized spacial score (nSPS) is 13.4. The first kappa shape index (κ1) is 7.27. The predicted molar refractivity (Wildman–Crippen MR) is 40.4 cm³/mol. The van der Waals surface area contributed by atoms with E-state index in [2.05, 4.69) is 17.6 Å². The summed E-state index contributed by atoms with van der Waals surface area (Å²) in [6.07, 6.45) is 1.31. The smallest absolute Gasteiger partial charge is 0.329 e. The molecule has 0 aliphatic rings. The predicted octanol–water partition coefficient (Wildman–Crippen LogP) is 0.330. The van der Waals surface area contributed by atoms with Crippen LogP contribution in [0, 0.1) is 0 Å². The Morgan fingerprint density at radius 2 is 2.50 bits per heavy atom. The fourth-order valence-electron chi connectivity index (χ4n) is 0.674. The van der Waals surface area contributed by atoms with Gasteiger partial charge in [-0.05, 0) is 6.92 Å². The molecule has 5 heteroatoms. The fourth-order valence-corrected chi connectivity index (χ4v) is 0.846. The number of nitrogens with zero attached hydrogens (tertiary/aromatic N) is 1. The van der Waals surface area contributed by atoms with Gasteiger partial charge in [-0.1, -0.05) is 0 Å². The standard InChI is InChI=1S/C5H8N2O2S/c1-3(10)7-2-4(8)6-5(7)9/h2-3,8,10H,1H3,(H,6,9). The SMILES string of the molecule is CC(S)n1cc(O)[nH]c1=O. The Hall–Kier alpha value is -0.840. The van der Waals surface area contributed by atoms with Gasteiger partial charge in [0.2, 0.25) is 5.88 Å². The highest BCUT2D eigenvalue weighted by Gasteiger charge is 2.03. The van der Waals surface area contributed by atoms with Crippen molar-refractivity contribution >= 4 is 12.6 Å². The summed E-state index contributed by atoms with van der Waals surface area (Å²) in [5.41, 5.74) is -0.347. The minimum Gasteiger partial charge on any atom is -0.493 e. The summed E-state index contributed by atoms with van der Waals surface area (Å²) in [6.45, 7) is 1.73. The number of rotatable bonds is 1. The first-order chi connectivity index (χ1) is 4.61. The molecule has 0 aliphatic heterocycles. The molecule has 1 unspecified atom stereocenters. The van der Waals surface area contributed by atoms with Gasteiger partial charge >= 0.3 is 5.69 Å². The lowest BCUT2D eigenvalue weighted by atomic mass is 10.7. The number of nitrogens with one attached hydrogen (secondary N) is 1. The number of imidazole rings is 1. The summed E-state index contributed by atoms with van der Waals surface area (Å²) in [5.74, 6) is -0.133. The van der Waals surface area contributed by atoms with Crippen LogP contribution in [0.4, 0.5) is 0 Å². The van der Waals surface area contributed by atoms with E-state index in [4.69, 9.17) is 5.11 Å². The van der Waals surface area contributed by atoms with Crippen LogP contribution in [0.5, 0.6) is 5.88 Å². The van der Waals surface area contributed by atoms with Crippen molar-refractivity contribution in [2.75, 3.05) is 0 Å². The topological polar surface area (TPSA) is 58.0 Å². The maximum Gasteiger partial charge on any atom is 0.329 e. The second-order valence-corrected chi connectivity index (χ2v) is 2.73. The van der Waals surface area contributed by atoms with Gasteiger partial charge in [0.15, 0.2) is 0 Å². The summed E-state index contributed by atoms with van der Waals surface area (Å²) in [7, 11) is 0. The Kier molecular flexibility index (Phi) is 1.76. The average molecular weight is 160 g/mol. The Morgan fingerprint density at radius 1 is 1.90 bits per heavy atom. The molecule has 0 aliphatic carbocycles. The van der Waals surface area contributed by atoms with E-state index in [1.54, 1.807) is 6.92 Å². The van der Waals surface area contributed by atoms with E-state index in [0.717, 1.165) is 0 Å². The minimum absolute atomic E-state index is 0.133. The number of hydrogen-bond acceptors (Lipinski definition) is 3. The zero-order chi connectivity index (χ0) is 7.72. The van der Waals surface area contributed by atoms with Crippen LogP contribution in [0.1, 0.15) is 12.3 Å². The summed E-state index contributed by atoms with van der Waals surface area (Å²) in [6, 6.07) is 0. The van der Waals surface area contributed by atoms with Crippen molar-refractivity contribution in [2.45, 2.75) is 12.3 Å². The molecule has 1 atom stereocenters. The van der Waals surface area contributed by atoms with Crippen LogP contribution in [0.3, 0.4) is 0 Å². The van der Waals surface area contributed by atoms with Crippen molar-refractivity contribution < 1.29 is 5.11 Å². The molecule has 0 bridgehead atoms. The monoisotopic (exact) mass is 160 g/mol. The van der Waals surface area contributed by atoms with Gasteiger partial charge in [-0.25, -0.2) is 4.79 Å². The number of aromatic amines is 1. The molecule has 10 heavy (non-hydrogen) atoms. The maximum atomic E-state index is 10.8. The summed E-state index contributed by atoms with van der Waals surface area (Å²) >= 11 is 4.00. The Labute approximate surface area is 62.9 Å². The van der Waals surface area contributed by atoms with Crippen molar-refractivity contribution in [2.24, 2.45) is 0 Å². The van der Waals surface area contributed by atoms with Crippen LogP contribution in [0.25, 0.3) is 0 Å². The van der Waals surface area contributed by atoms with Crippen molar-refractivity contribution in [1.29, 1.82) is 0 Å². The Morgan fingerprint density at radius 3 is 2.70 bits per heavy atom. The van der Waals surface area contributed by atoms with Gasteiger partial charge in [-0.3, -0.25) is 9.55 Å². The third-order valence-electron chi connectivity index (χ3n) is 1.13. The molecular formula is C5H8N2O2S. The number of aromatic nitrogens is 2. The largest absolute Gasteiger partial charge is 0.493 e. The third-order valence-corrected chi connectivity index (χ3v) is 1.38. The molecular weight excluding hydrogens is 152 g/mol. The van der Waals surface area contributed by atoms with Gasteiger partial charge in [-0.15, -0.1) is 0 Å². The molecule has 0 radical (unpaired) electrons. The summed E-state index contributed by atoms with van der Waals surface area (Å²) in [4.78, 5) is 13.0. The number of thiol groups is 1. The maximum absolute atomic E-state index is 10.8. The zero-order valence-corrected chi connectivity index (χ0v) is 6.30. The second-order valence-electron chi connectivity index (χ2n) is 1.98. The highest BCUT2D eigenvalue weighted by Crippen LogP contribution is 2.08. The third kappa shape index (κ3) is 1.18. The van der Waals surface area contributed by atoms with Gasteiger partial charge in [0, 0.05) is 0 Å². The molecule has 2 N–H and O–H groups in total. The first-order valence-electron chi connectivity index (χ1n) is 2.79. The number of H-pyrrole nitrogens is 1. The lowest BCUT2D eigenvalue weighted by Crippen LogP contribution is -2.16. The first-order valence-corrected chi connectivity index (χ1v) is 3.31. The van der Waals surface area contributed by atoms with Gasteiger partial charge in [0.1, 0.15) is 0 Å². The average Bonchev–Trinajstić information content (AvgIpc) is 2.10. The molecule has 1 heterocycles. The van der Waals surface area contributed by atoms with E-state index in [9.17, 15) is 4.79 Å². The molecule has 0 spiro atoms. The van der Waals surface area contributed by atoms with Crippen LogP contribution < -0.4 is 5.69 Å².